The number of benzene rings is 2. The number of halogens is 1. The molecular formula is C20H16FN3O3. The van der Waals surface area contributed by atoms with E-state index in [2.05, 4.69) is 10.4 Å². The molecule has 0 atom stereocenters. The van der Waals surface area contributed by atoms with Crippen LogP contribution in [0.3, 0.4) is 0 Å². The number of carbonyl (C=O) groups is 1. The Bertz CT molecular complexity index is 1000. The molecule has 1 N–H and O–H groups in total. The molecular weight excluding hydrogens is 349 g/mol. The zero-order chi connectivity index (χ0) is 18.6. The largest absolute Gasteiger partial charge is 0.486 e. The number of nitrogens with one attached hydrogen (secondary N) is 1. The van der Waals surface area contributed by atoms with Gasteiger partial charge in [0.25, 0.3) is 0 Å². The minimum Gasteiger partial charge on any atom is -0.486 e. The van der Waals surface area contributed by atoms with Crippen molar-refractivity contribution in [2.75, 3.05) is 18.5 Å². The number of nitrogens with zero attached hydrogens (tertiary/aromatic N) is 2. The third kappa shape index (κ3) is 3.82. The van der Waals surface area contributed by atoms with Crippen LogP contribution < -0.4 is 14.8 Å². The maximum atomic E-state index is 14.2. The molecule has 6 nitrogen and oxygen atoms in total. The number of rotatable bonds is 4. The molecule has 3 aromatic rings. The summed E-state index contributed by atoms with van der Waals surface area (Å²) in [7, 11) is 0. The SMILES string of the molecule is O=C(/C=C\c1ccc2c(c1)OCCO2)Nc1ccc(-n2cccn2)c(F)c1. The van der Waals surface area contributed by atoms with Crippen molar-refractivity contribution in [3.63, 3.8) is 0 Å². The first-order valence-corrected chi connectivity index (χ1v) is 8.37. The number of hydrogen-bond acceptors (Lipinski definition) is 4. The summed E-state index contributed by atoms with van der Waals surface area (Å²) in [5.41, 5.74) is 1.47. The highest BCUT2D eigenvalue weighted by Crippen LogP contribution is 2.31. The molecule has 0 saturated carbocycles. The van der Waals surface area contributed by atoms with E-state index in [1.807, 2.05) is 6.07 Å². The summed E-state index contributed by atoms with van der Waals surface area (Å²) in [6.07, 6.45) is 6.25. The van der Waals surface area contributed by atoms with Gasteiger partial charge in [-0.3, -0.25) is 4.79 Å². The van der Waals surface area contributed by atoms with Crippen LogP contribution in [0.2, 0.25) is 0 Å². The molecule has 0 radical (unpaired) electrons. The number of hydrogen-bond donors (Lipinski definition) is 1. The van der Waals surface area contributed by atoms with Crippen molar-refractivity contribution in [3.8, 4) is 17.2 Å². The summed E-state index contributed by atoms with van der Waals surface area (Å²) in [5, 5.41) is 6.63. The zero-order valence-corrected chi connectivity index (χ0v) is 14.3. The van der Waals surface area contributed by atoms with Gasteiger partial charge in [0.05, 0.1) is 0 Å². The van der Waals surface area contributed by atoms with E-state index in [-0.39, 0.29) is 5.91 Å². The highest BCUT2D eigenvalue weighted by Gasteiger charge is 2.11. The van der Waals surface area contributed by atoms with Crippen molar-refractivity contribution in [1.29, 1.82) is 0 Å². The fraction of sp³-hybridized carbons (Fsp3) is 0.100. The quantitative estimate of drug-likeness (QED) is 0.720. The lowest BCUT2D eigenvalue weighted by molar-refractivity contribution is -0.111. The van der Waals surface area contributed by atoms with E-state index in [1.165, 1.54) is 16.8 Å². The Labute approximate surface area is 154 Å². The summed E-state index contributed by atoms with van der Waals surface area (Å²) in [5.74, 6) is 0.499. The van der Waals surface area contributed by atoms with Gasteiger partial charge in [0.1, 0.15) is 18.9 Å². The number of aromatic nitrogens is 2. The lowest BCUT2D eigenvalue weighted by atomic mass is 10.2. The number of ether oxygens (including phenoxy) is 2. The van der Waals surface area contributed by atoms with Gasteiger partial charge < -0.3 is 14.8 Å². The third-order valence-corrected chi connectivity index (χ3v) is 3.96. The minimum atomic E-state index is -0.479. The van der Waals surface area contributed by atoms with E-state index in [9.17, 15) is 9.18 Å². The first-order chi connectivity index (χ1) is 13.2. The van der Waals surface area contributed by atoms with Gasteiger partial charge in [0.15, 0.2) is 17.3 Å². The van der Waals surface area contributed by atoms with E-state index in [0.717, 1.165) is 5.56 Å². The van der Waals surface area contributed by atoms with Crippen LogP contribution in [0.4, 0.5) is 10.1 Å². The second-order valence-electron chi connectivity index (χ2n) is 5.84. The second-order valence-corrected chi connectivity index (χ2v) is 5.84. The van der Waals surface area contributed by atoms with Crippen LogP contribution in [-0.2, 0) is 4.79 Å². The van der Waals surface area contributed by atoms with E-state index >= 15 is 0 Å². The van der Waals surface area contributed by atoms with Gasteiger partial charge in [-0.2, -0.15) is 5.10 Å². The summed E-state index contributed by atoms with van der Waals surface area (Å²) >= 11 is 0. The summed E-state index contributed by atoms with van der Waals surface area (Å²) in [4.78, 5) is 12.1. The number of anilines is 1. The average molecular weight is 365 g/mol. The Morgan fingerprint density at radius 1 is 1.15 bits per heavy atom. The molecule has 0 fully saturated rings. The molecule has 1 amide bonds. The van der Waals surface area contributed by atoms with Gasteiger partial charge in [-0.05, 0) is 48.0 Å². The molecule has 4 rings (SSSR count). The molecule has 1 aliphatic heterocycles. The van der Waals surface area contributed by atoms with E-state index < -0.39 is 5.82 Å². The summed E-state index contributed by atoms with van der Waals surface area (Å²) < 4.78 is 26.6. The van der Waals surface area contributed by atoms with E-state index in [0.29, 0.717) is 36.1 Å². The molecule has 0 saturated heterocycles. The fourth-order valence-electron chi connectivity index (χ4n) is 2.70. The maximum absolute atomic E-state index is 14.2. The summed E-state index contributed by atoms with van der Waals surface area (Å²) in [6, 6.07) is 11.6. The van der Waals surface area contributed by atoms with Crippen LogP contribution in [0, 0.1) is 5.82 Å². The van der Waals surface area contributed by atoms with Crippen LogP contribution in [0.5, 0.6) is 11.5 Å². The van der Waals surface area contributed by atoms with Crippen LogP contribution >= 0.6 is 0 Å². The smallest absolute Gasteiger partial charge is 0.248 e. The van der Waals surface area contributed by atoms with Gasteiger partial charge in [-0.25, -0.2) is 9.07 Å². The Kier molecular flexibility index (Phi) is 4.57. The number of fused-ring (bicyclic) bond motifs is 1. The molecule has 136 valence electrons. The van der Waals surface area contributed by atoms with Crippen LogP contribution in [-0.4, -0.2) is 28.9 Å². The van der Waals surface area contributed by atoms with Crippen LogP contribution in [0.1, 0.15) is 5.56 Å². The minimum absolute atomic E-state index is 0.310. The molecule has 1 aromatic heterocycles. The average Bonchev–Trinajstić information content (AvgIpc) is 3.21. The van der Waals surface area contributed by atoms with Gasteiger partial charge in [-0.15, -0.1) is 0 Å². The van der Waals surface area contributed by atoms with Gasteiger partial charge in [-0.1, -0.05) is 6.07 Å². The first-order valence-electron chi connectivity index (χ1n) is 8.37. The van der Waals surface area contributed by atoms with Crippen molar-refractivity contribution in [3.05, 3.63) is 72.3 Å². The molecule has 27 heavy (non-hydrogen) atoms. The van der Waals surface area contributed by atoms with Gasteiger partial charge >= 0.3 is 0 Å². The molecule has 2 heterocycles. The molecule has 0 spiro atoms. The number of amides is 1. The molecule has 0 bridgehead atoms. The lowest BCUT2D eigenvalue weighted by Gasteiger charge is -2.18. The Morgan fingerprint density at radius 2 is 2.00 bits per heavy atom. The van der Waals surface area contributed by atoms with Crippen molar-refractivity contribution in [2.45, 2.75) is 0 Å². The number of carbonyl (C=O) groups excluding carboxylic acids is 1. The van der Waals surface area contributed by atoms with Crippen molar-refractivity contribution < 1.29 is 18.7 Å². The molecule has 2 aromatic carbocycles. The van der Waals surface area contributed by atoms with Crippen molar-refractivity contribution >= 4 is 17.7 Å². The standard InChI is InChI=1S/C20H16FN3O3/c21-16-13-15(4-5-17(16)24-9-1-8-22-24)23-20(25)7-3-14-2-6-18-19(12-14)27-11-10-26-18/h1-9,12-13H,10-11H2,(H,23,25)/b7-3-. The predicted molar refractivity (Wildman–Crippen MR) is 98.6 cm³/mol. The molecule has 0 unspecified atom stereocenters. The fourth-order valence-corrected chi connectivity index (χ4v) is 2.70. The Hall–Kier alpha value is -3.61. The topological polar surface area (TPSA) is 65.4 Å². The molecule has 1 aliphatic rings. The Balaban J connectivity index is 1.43. The summed E-state index contributed by atoms with van der Waals surface area (Å²) in [6.45, 7) is 1.03. The third-order valence-electron chi connectivity index (χ3n) is 3.96. The van der Waals surface area contributed by atoms with Gasteiger partial charge in [0, 0.05) is 24.2 Å². The zero-order valence-electron chi connectivity index (χ0n) is 14.3. The van der Waals surface area contributed by atoms with E-state index in [4.69, 9.17) is 9.47 Å². The highest BCUT2D eigenvalue weighted by atomic mass is 19.1. The molecule has 7 heteroatoms. The van der Waals surface area contributed by atoms with Crippen LogP contribution in [0.15, 0.2) is 60.9 Å². The van der Waals surface area contributed by atoms with Crippen molar-refractivity contribution in [2.24, 2.45) is 0 Å². The monoisotopic (exact) mass is 365 g/mol. The molecule has 0 aliphatic carbocycles. The normalized spacial score (nSPS) is 12.9. The maximum Gasteiger partial charge on any atom is 0.248 e. The second kappa shape index (κ2) is 7.33. The van der Waals surface area contributed by atoms with Gasteiger partial charge in [0.2, 0.25) is 5.91 Å². The van der Waals surface area contributed by atoms with Crippen molar-refractivity contribution in [1.82, 2.24) is 9.78 Å². The van der Waals surface area contributed by atoms with E-state index in [1.54, 1.807) is 48.8 Å². The first kappa shape index (κ1) is 16.8. The van der Waals surface area contributed by atoms with Crippen LogP contribution in [0.25, 0.3) is 11.8 Å². The predicted octanol–water partition coefficient (Wildman–Crippen LogP) is 3.43. The highest BCUT2D eigenvalue weighted by molar-refractivity contribution is 6.02. The lowest BCUT2D eigenvalue weighted by Crippen LogP contribution is -2.15. The Morgan fingerprint density at radius 3 is 2.78 bits per heavy atom.